The Balaban J connectivity index is 2.08. The van der Waals surface area contributed by atoms with E-state index in [0.717, 1.165) is 34.1 Å². The molecule has 0 spiro atoms. The van der Waals surface area contributed by atoms with Crippen molar-refractivity contribution in [1.29, 1.82) is 5.26 Å². The molecule has 0 unspecified atom stereocenters. The van der Waals surface area contributed by atoms with Crippen molar-refractivity contribution in [2.75, 3.05) is 0 Å². The van der Waals surface area contributed by atoms with Gasteiger partial charge in [-0.25, -0.2) is 0 Å². The first-order valence-electron chi connectivity index (χ1n) is 9.80. The van der Waals surface area contributed by atoms with E-state index in [-0.39, 0.29) is 17.5 Å². The van der Waals surface area contributed by atoms with Crippen LogP contribution >= 0.6 is 23.2 Å². The standard InChI is InChI=1S/C24H23Cl2N3O/c1-4-15(2)28-24(30)18(13-27)12-20-16(3)29(23-8-6-5-7-19(20)23)14-17-9-10-21(25)22(26)11-17/h5-12,15H,4,14H2,1-3H3,(H,28,30)/b18-12+/t15-/m0/s1. The lowest BCUT2D eigenvalue weighted by Gasteiger charge is -2.11. The maximum absolute atomic E-state index is 12.5. The van der Waals surface area contributed by atoms with E-state index in [1.54, 1.807) is 12.1 Å². The van der Waals surface area contributed by atoms with Gasteiger partial charge in [0.15, 0.2) is 0 Å². The molecule has 0 saturated carbocycles. The average molecular weight is 440 g/mol. The highest BCUT2D eigenvalue weighted by molar-refractivity contribution is 6.42. The summed E-state index contributed by atoms with van der Waals surface area (Å²) in [6.45, 7) is 6.49. The van der Waals surface area contributed by atoms with E-state index in [2.05, 4.69) is 16.0 Å². The molecule has 0 aliphatic heterocycles. The van der Waals surface area contributed by atoms with Crippen LogP contribution in [0.3, 0.4) is 0 Å². The molecule has 0 saturated heterocycles. The van der Waals surface area contributed by atoms with Gasteiger partial charge in [0, 0.05) is 34.7 Å². The maximum atomic E-state index is 12.5. The number of para-hydroxylation sites is 1. The summed E-state index contributed by atoms with van der Waals surface area (Å²) in [5, 5.41) is 14.5. The molecule has 0 radical (unpaired) electrons. The third-order valence-electron chi connectivity index (χ3n) is 5.25. The molecule has 6 heteroatoms. The number of nitrogens with one attached hydrogen (secondary N) is 1. The molecule has 1 amide bonds. The van der Waals surface area contributed by atoms with Crippen LogP contribution in [0.25, 0.3) is 17.0 Å². The smallest absolute Gasteiger partial charge is 0.262 e. The van der Waals surface area contributed by atoms with Crippen molar-refractivity contribution in [3.05, 3.63) is 74.9 Å². The van der Waals surface area contributed by atoms with Crippen LogP contribution in [0.15, 0.2) is 48.0 Å². The fraction of sp³-hybridized carbons (Fsp3) is 0.250. The average Bonchev–Trinajstić information content (AvgIpc) is 2.99. The highest BCUT2D eigenvalue weighted by Crippen LogP contribution is 2.30. The second-order valence-electron chi connectivity index (χ2n) is 7.30. The van der Waals surface area contributed by atoms with Crippen molar-refractivity contribution >= 4 is 46.1 Å². The van der Waals surface area contributed by atoms with Gasteiger partial charge in [0.05, 0.1) is 10.0 Å². The van der Waals surface area contributed by atoms with E-state index in [4.69, 9.17) is 23.2 Å². The topological polar surface area (TPSA) is 57.8 Å². The molecule has 0 aliphatic carbocycles. The number of amides is 1. The molecule has 4 nitrogen and oxygen atoms in total. The van der Waals surface area contributed by atoms with Crippen LogP contribution in [0.4, 0.5) is 0 Å². The minimum atomic E-state index is -0.354. The Labute approximate surface area is 186 Å². The first kappa shape index (κ1) is 22.0. The lowest BCUT2D eigenvalue weighted by molar-refractivity contribution is -0.117. The predicted octanol–water partition coefficient (Wildman–Crippen LogP) is 6.13. The lowest BCUT2D eigenvalue weighted by atomic mass is 10.1. The molecular weight excluding hydrogens is 417 g/mol. The van der Waals surface area contributed by atoms with Gasteiger partial charge in [-0.1, -0.05) is 54.4 Å². The van der Waals surface area contributed by atoms with Crippen molar-refractivity contribution in [1.82, 2.24) is 9.88 Å². The fourth-order valence-corrected chi connectivity index (χ4v) is 3.68. The molecule has 0 aliphatic rings. The van der Waals surface area contributed by atoms with E-state index in [1.807, 2.05) is 57.2 Å². The van der Waals surface area contributed by atoms with Crippen molar-refractivity contribution in [2.45, 2.75) is 39.8 Å². The summed E-state index contributed by atoms with van der Waals surface area (Å²) in [5.74, 6) is -0.354. The Morgan fingerprint density at radius 1 is 1.23 bits per heavy atom. The van der Waals surface area contributed by atoms with Gasteiger partial charge in [-0.15, -0.1) is 0 Å². The molecular formula is C24H23Cl2N3O. The van der Waals surface area contributed by atoms with Crippen LogP contribution in [0, 0.1) is 18.3 Å². The normalized spacial score (nSPS) is 12.6. The van der Waals surface area contributed by atoms with Crippen LogP contribution in [0.2, 0.25) is 10.0 Å². The van der Waals surface area contributed by atoms with Crippen LogP contribution in [-0.2, 0) is 11.3 Å². The number of aromatic nitrogens is 1. The highest BCUT2D eigenvalue weighted by Gasteiger charge is 2.17. The van der Waals surface area contributed by atoms with Gasteiger partial charge in [-0.05, 0) is 50.1 Å². The Hall–Kier alpha value is -2.74. The van der Waals surface area contributed by atoms with Gasteiger partial charge >= 0.3 is 0 Å². The quantitative estimate of drug-likeness (QED) is 0.371. The molecule has 1 aromatic heterocycles. The van der Waals surface area contributed by atoms with Gasteiger partial charge in [0.1, 0.15) is 11.6 Å². The Kier molecular flexibility index (Phi) is 6.87. The molecule has 1 heterocycles. The van der Waals surface area contributed by atoms with Crippen LogP contribution in [0.5, 0.6) is 0 Å². The summed E-state index contributed by atoms with van der Waals surface area (Å²) in [6.07, 6.45) is 2.48. The van der Waals surface area contributed by atoms with Crippen molar-refractivity contribution in [2.24, 2.45) is 0 Å². The zero-order valence-electron chi connectivity index (χ0n) is 17.2. The van der Waals surface area contributed by atoms with Crippen LogP contribution < -0.4 is 5.32 Å². The van der Waals surface area contributed by atoms with Gasteiger partial charge in [-0.3, -0.25) is 4.79 Å². The molecule has 30 heavy (non-hydrogen) atoms. The van der Waals surface area contributed by atoms with Crippen molar-refractivity contribution in [3.8, 4) is 6.07 Å². The number of nitrogens with zero attached hydrogens (tertiary/aromatic N) is 2. The number of halogens is 2. The SMILES string of the molecule is CC[C@H](C)NC(=O)/C(C#N)=C/c1c(C)n(Cc2ccc(Cl)c(Cl)c2)c2ccccc12. The summed E-state index contributed by atoms with van der Waals surface area (Å²) < 4.78 is 2.16. The minimum absolute atomic E-state index is 0.00587. The third-order valence-corrected chi connectivity index (χ3v) is 5.99. The fourth-order valence-electron chi connectivity index (χ4n) is 3.36. The number of fused-ring (bicyclic) bond motifs is 1. The number of benzene rings is 2. The molecule has 3 rings (SSSR count). The summed E-state index contributed by atoms with van der Waals surface area (Å²) >= 11 is 12.2. The number of hydrogen-bond acceptors (Lipinski definition) is 2. The number of nitriles is 1. The van der Waals surface area contributed by atoms with Crippen molar-refractivity contribution in [3.63, 3.8) is 0 Å². The Morgan fingerprint density at radius 2 is 1.97 bits per heavy atom. The van der Waals surface area contributed by atoms with Gasteiger partial charge < -0.3 is 9.88 Å². The molecule has 2 aromatic carbocycles. The lowest BCUT2D eigenvalue weighted by Crippen LogP contribution is -2.32. The number of carbonyl (C=O) groups is 1. The monoisotopic (exact) mass is 439 g/mol. The van der Waals surface area contributed by atoms with E-state index < -0.39 is 0 Å². The zero-order valence-corrected chi connectivity index (χ0v) is 18.7. The Bertz CT molecular complexity index is 1170. The maximum Gasteiger partial charge on any atom is 0.262 e. The number of hydrogen-bond donors (Lipinski definition) is 1. The second kappa shape index (κ2) is 9.38. The highest BCUT2D eigenvalue weighted by atomic mass is 35.5. The largest absolute Gasteiger partial charge is 0.349 e. The number of rotatable bonds is 6. The van der Waals surface area contributed by atoms with Gasteiger partial charge in [0.25, 0.3) is 5.91 Å². The second-order valence-corrected chi connectivity index (χ2v) is 8.12. The summed E-state index contributed by atoms with van der Waals surface area (Å²) in [6, 6.07) is 15.6. The molecule has 0 bridgehead atoms. The third kappa shape index (κ3) is 4.53. The first-order chi connectivity index (χ1) is 14.3. The first-order valence-corrected chi connectivity index (χ1v) is 10.6. The van der Waals surface area contributed by atoms with Gasteiger partial charge in [-0.2, -0.15) is 5.26 Å². The summed E-state index contributed by atoms with van der Waals surface area (Å²) in [7, 11) is 0. The summed E-state index contributed by atoms with van der Waals surface area (Å²) in [5.41, 5.74) is 3.95. The van der Waals surface area contributed by atoms with E-state index in [1.165, 1.54) is 0 Å². The van der Waals surface area contributed by atoms with Crippen molar-refractivity contribution < 1.29 is 4.79 Å². The summed E-state index contributed by atoms with van der Waals surface area (Å²) in [4.78, 5) is 12.5. The van der Waals surface area contributed by atoms with Crippen LogP contribution in [0.1, 0.15) is 37.1 Å². The predicted molar refractivity (Wildman–Crippen MR) is 124 cm³/mol. The molecule has 3 aromatic rings. The molecule has 1 N–H and O–H groups in total. The number of carbonyl (C=O) groups excluding carboxylic acids is 1. The molecule has 0 fully saturated rings. The Morgan fingerprint density at radius 3 is 2.63 bits per heavy atom. The van der Waals surface area contributed by atoms with Crippen LogP contribution in [-0.4, -0.2) is 16.5 Å². The zero-order chi connectivity index (χ0) is 21.8. The molecule has 154 valence electrons. The molecule has 1 atom stereocenters. The van der Waals surface area contributed by atoms with E-state index >= 15 is 0 Å². The van der Waals surface area contributed by atoms with E-state index in [0.29, 0.717) is 16.6 Å². The minimum Gasteiger partial charge on any atom is -0.349 e. The van der Waals surface area contributed by atoms with Gasteiger partial charge in [0.2, 0.25) is 0 Å². The van der Waals surface area contributed by atoms with E-state index in [9.17, 15) is 10.1 Å².